The number of carbonyl (C=O) groups excluding carboxylic acids is 4. The Morgan fingerprint density at radius 2 is 2.02 bits per heavy atom. The molecule has 0 spiro atoms. The number of aryl methyl sites for hydroxylation is 1. The quantitative estimate of drug-likeness (QED) is 0.127. The van der Waals surface area contributed by atoms with Crippen LogP contribution in [0, 0.1) is 12.3 Å². The Labute approximate surface area is 236 Å². The van der Waals surface area contributed by atoms with Crippen LogP contribution >= 0.6 is 23.1 Å². The highest BCUT2D eigenvalue weighted by atomic mass is 32.2. The number of thioether (sulfide) groups is 1. The average molecular weight is 594 g/mol. The van der Waals surface area contributed by atoms with Crippen molar-refractivity contribution < 1.29 is 33.5 Å². The van der Waals surface area contributed by atoms with Gasteiger partial charge >= 0.3 is 11.9 Å². The molecule has 18 heteroatoms. The number of oxime groups is 1. The first-order chi connectivity index (χ1) is 18.9. The number of hydrogen-bond acceptors (Lipinski definition) is 15. The van der Waals surface area contributed by atoms with Gasteiger partial charge in [0.2, 0.25) is 6.79 Å². The van der Waals surface area contributed by atoms with Gasteiger partial charge in [0.1, 0.15) is 29.9 Å². The molecule has 2 aliphatic rings. The minimum atomic E-state index is -0.981. The first-order valence-electron chi connectivity index (χ1n) is 11.8. The number of amides is 2. The number of thiazole rings is 1. The lowest BCUT2D eigenvalue weighted by atomic mass is 9.98. The molecule has 1 fully saturated rings. The van der Waals surface area contributed by atoms with Gasteiger partial charge < -0.3 is 25.4 Å². The molecule has 0 bridgehead atoms. The second-order valence-electron chi connectivity index (χ2n) is 9.61. The van der Waals surface area contributed by atoms with E-state index in [4.69, 9.17) is 20.0 Å². The van der Waals surface area contributed by atoms with Crippen molar-refractivity contribution in [1.29, 1.82) is 0 Å². The van der Waals surface area contributed by atoms with E-state index in [-0.39, 0.29) is 34.5 Å². The van der Waals surface area contributed by atoms with E-state index in [0.717, 1.165) is 11.3 Å². The third-order valence-corrected chi connectivity index (χ3v) is 7.58. The maximum absolute atomic E-state index is 13.3. The highest BCUT2D eigenvalue weighted by Gasteiger charge is 2.55. The summed E-state index contributed by atoms with van der Waals surface area (Å²) in [5, 5.41) is 19.4. The van der Waals surface area contributed by atoms with Crippen molar-refractivity contribution in [3.8, 4) is 0 Å². The van der Waals surface area contributed by atoms with Gasteiger partial charge in [-0.25, -0.2) is 9.78 Å². The topological polar surface area (TPSA) is 206 Å². The predicted molar refractivity (Wildman–Crippen MR) is 141 cm³/mol. The first kappa shape index (κ1) is 28.9. The van der Waals surface area contributed by atoms with Gasteiger partial charge in [-0.15, -0.1) is 33.3 Å². The Morgan fingerprint density at radius 3 is 2.62 bits per heavy atom. The molecule has 4 rings (SSSR count). The number of nitrogens with two attached hydrogens (primary N) is 1. The number of esters is 2. The molecule has 2 aromatic rings. The van der Waals surface area contributed by atoms with Crippen LogP contribution in [0.5, 0.6) is 0 Å². The molecule has 1 saturated heterocycles. The summed E-state index contributed by atoms with van der Waals surface area (Å²) in [6.07, 6.45) is 0. The lowest BCUT2D eigenvalue weighted by Gasteiger charge is -2.49. The molecule has 2 amide bonds. The van der Waals surface area contributed by atoms with Crippen molar-refractivity contribution in [2.75, 3.05) is 25.4 Å². The summed E-state index contributed by atoms with van der Waals surface area (Å²) in [6, 6.07) is -0.981. The third-order valence-electron chi connectivity index (χ3n) is 5.57. The molecular formula is C22H27N9O7S2. The number of fused-ring (bicyclic) bond motifs is 1. The molecule has 0 aliphatic carbocycles. The van der Waals surface area contributed by atoms with Crippen molar-refractivity contribution >= 4 is 57.7 Å². The van der Waals surface area contributed by atoms with Gasteiger partial charge in [0.15, 0.2) is 16.7 Å². The van der Waals surface area contributed by atoms with Crippen LogP contribution in [0.25, 0.3) is 0 Å². The summed E-state index contributed by atoms with van der Waals surface area (Å²) < 4.78 is 10.3. The number of nitrogens with one attached hydrogen (secondary N) is 1. The fourth-order valence-electron chi connectivity index (χ4n) is 3.68. The summed E-state index contributed by atoms with van der Waals surface area (Å²) >= 11 is 2.44. The smallest absolute Gasteiger partial charge is 0.358 e. The average Bonchev–Trinajstić information content (AvgIpc) is 3.51. The molecule has 214 valence electrons. The molecular weight excluding hydrogens is 566 g/mol. The van der Waals surface area contributed by atoms with Crippen molar-refractivity contribution in [2.24, 2.45) is 10.6 Å². The normalized spacial score (nSPS) is 19.1. The lowest BCUT2D eigenvalue weighted by Crippen LogP contribution is -2.71. The Balaban J connectivity index is 1.53. The van der Waals surface area contributed by atoms with Crippen molar-refractivity contribution in [1.82, 2.24) is 35.4 Å². The third kappa shape index (κ3) is 6.06. The summed E-state index contributed by atoms with van der Waals surface area (Å²) in [7, 11) is 1.27. The van der Waals surface area contributed by atoms with E-state index < -0.39 is 47.4 Å². The maximum Gasteiger partial charge on any atom is 0.358 e. The van der Waals surface area contributed by atoms with E-state index >= 15 is 0 Å². The summed E-state index contributed by atoms with van der Waals surface area (Å²) in [4.78, 5) is 62.9. The molecule has 16 nitrogen and oxygen atoms in total. The van der Waals surface area contributed by atoms with Crippen LogP contribution in [-0.2, 0) is 40.0 Å². The highest BCUT2D eigenvalue weighted by molar-refractivity contribution is 8.00. The number of hydrogen-bond donors (Lipinski definition) is 2. The first-order valence-corrected chi connectivity index (χ1v) is 13.7. The van der Waals surface area contributed by atoms with Crippen LogP contribution in [0.15, 0.2) is 21.8 Å². The van der Waals surface area contributed by atoms with Crippen LogP contribution < -0.4 is 11.1 Å². The molecule has 1 unspecified atom stereocenters. The number of rotatable bonds is 9. The van der Waals surface area contributed by atoms with Gasteiger partial charge in [0, 0.05) is 11.1 Å². The maximum atomic E-state index is 13.3. The van der Waals surface area contributed by atoms with E-state index in [1.807, 2.05) is 0 Å². The number of anilines is 1. The standard InChI is InChI=1S/C22H27N9O7S2/c1-10-26-29-30(27-10)6-11-7-39-18-14(25-16(32)13(28-36-5)12-8-40-21(23)24-12)17(33)31(18)15(11)19(34)37-9-38-20(35)22(2,3)4/h8,14,18H,6-7,9H2,1-5H3,(H2,23,24)(H,25,32)/b28-13+/t14-,18?/m1/s1. The summed E-state index contributed by atoms with van der Waals surface area (Å²) in [6.45, 7) is 6.06. The van der Waals surface area contributed by atoms with E-state index in [1.54, 1.807) is 27.7 Å². The molecule has 2 atom stereocenters. The minimum Gasteiger partial charge on any atom is -0.427 e. The minimum absolute atomic E-state index is 0.0425. The molecule has 2 aromatic heterocycles. The van der Waals surface area contributed by atoms with Crippen molar-refractivity contribution in [2.45, 2.75) is 45.7 Å². The van der Waals surface area contributed by atoms with Crippen LogP contribution in [-0.4, -0.2) is 90.6 Å². The van der Waals surface area contributed by atoms with Crippen LogP contribution in [0.1, 0.15) is 32.3 Å². The number of ether oxygens (including phenoxy) is 2. The molecule has 40 heavy (non-hydrogen) atoms. The molecule has 4 heterocycles. The van der Waals surface area contributed by atoms with E-state index in [0.29, 0.717) is 11.4 Å². The van der Waals surface area contributed by atoms with Crippen LogP contribution in [0.4, 0.5) is 5.13 Å². The molecule has 0 saturated carbocycles. The fraction of sp³-hybridized carbons (Fsp3) is 0.500. The van der Waals surface area contributed by atoms with E-state index in [2.05, 4.69) is 30.9 Å². The monoisotopic (exact) mass is 593 g/mol. The second kappa shape index (κ2) is 11.6. The Hall–Kier alpha value is -4.06. The Kier molecular flexibility index (Phi) is 8.38. The second-order valence-corrected chi connectivity index (χ2v) is 11.6. The SMILES string of the molecule is CO/N=C(/C(=O)N[C@@H]1C(=O)N2C(C(=O)OCOC(=O)C(C)(C)C)=C(Cn3nnc(C)n3)CSC12)c1csc(N)n1. The Morgan fingerprint density at radius 1 is 1.27 bits per heavy atom. The van der Waals surface area contributed by atoms with Gasteiger partial charge in [-0.2, -0.15) is 4.80 Å². The number of aromatic nitrogens is 5. The number of tetrazole rings is 1. The van der Waals surface area contributed by atoms with Crippen LogP contribution in [0.2, 0.25) is 0 Å². The fourth-order valence-corrected chi connectivity index (χ4v) is 5.56. The number of carbonyl (C=O) groups is 4. The Bertz CT molecular complexity index is 1390. The summed E-state index contributed by atoms with van der Waals surface area (Å²) in [5.41, 5.74) is 5.35. The van der Waals surface area contributed by atoms with E-state index in [1.165, 1.54) is 33.9 Å². The molecule has 0 radical (unpaired) electrons. The highest BCUT2D eigenvalue weighted by Crippen LogP contribution is 2.41. The zero-order valence-corrected chi connectivity index (χ0v) is 23.9. The van der Waals surface area contributed by atoms with Gasteiger partial charge in [-0.3, -0.25) is 19.3 Å². The summed E-state index contributed by atoms with van der Waals surface area (Å²) in [5.74, 6) is -1.99. The zero-order valence-electron chi connectivity index (χ0n) is 22.2. The lowest BCUT2D eigenvalue weighted by molar-refractivity contribution is -0.173. The van der Waals surface area contributed by atoms with Gasteiger partial charge in [-0.1, -0.05) is 5.16 Å². The van der Waals surface area contributed by atoms with Crippen molar-refractivity contribution in [3.63, 3.8) is 0 Å². The van der Waals surface area contributed by atoms with Crippen molar-refractivity contribution in [3.05, 3.63) is 28.2 Å². The van der Waals surface area contributed by atoms with Gasteiger partial charge in [0.05, 0.1) is 12.0 Å². The number of nitrogens with zero attached hydrogens (tertiary/aromatic N) is 7. The molecule has 2 aliphatic heterocycles. The van der Waals surface area contributed by atoms with Gasteiger partial charge in [0.25, 0.3) is 11.8 Å². The number of nitrogen functional groups attached to an aromatic ring is 1. The number of β-lactam (4-membered cyclic amide) rings is 1. The van der Waals surface area contributed by atoms with Crippen LogP contribution in [0.3, 0.4) is 0 Å². The zero-order chi connectivity index (χ0) is 29.2. The molecule has 0 aromatic carbocycles. The molecule has 3 N–H and O–H groups in total. The van der Waals surface area contributed by atoms with Gasteiger partial charge in [-0.05, 0) is 38.5 Å². The largest absolute Gasteiger partial charge is 0.427 e. The van der Waals surface area contributed by atoms with E-state index in [9.17, 15) is 19.2 Å². The predicted octanol–water partition coefficient (Wildman–Crippen LogP) is -0.185.